The van der Waals surface area contributed by atoms with Gasteiger partial charge in [-0.2, -0.15) is 0 Å². The largest absolute Gasteiger partial charge is 0.489 e. The van der Waals surface area contributed by atoms with Crippen LogP contribution >= 0.6 is 0 Å². The van der Waals surface area contributed by atoms with E-state index in [2.05, 4.69) is 4.90 Å². The van der Waals surface area contributed by atoms with Crippen LogP contribution in [0.4, 0.5) is 0 Å². The highest BCUT2D eigenvalue weighted by Gasteiger charge is 2.22. The molecule has 0 bridgehead atoms. The number of piperidine rings is 1. The van der Waals surface area contributed by atoms with Crippen LogP contribution in [0.5, 0.6) is 5.75 Å². The van der Waals surface area contributed by atoms with Crippen molar-refractivity contribution in [3.05, 3.63) is 76.6 Å². The topological polar surface area (TPSA) is 69.0 Å². The molecule has 2 aromatic carbocycles. The number of ether oxygens (including phenoxy) is 2. The number of carbonyl (C=O) groups is 1. The number of hydrogen-bond donors (Lipinski definition) is 0. The summed E-state index contributed by atoms with van der Waals surface area (Å²) in [4.78, 5) is 26.8. The lowest BCUT2D eigenvalue weighted by Crippen LogP contribution is -2.41. The van der Waals surface area contributed by atoms with Crippen LogP contribution in [0, 0.1) is 0 Å². The van der Waals surface area contributed by atoms with Crippen molar-refractivity contribution in [2.24, 2.45) is 0 Å². The Hall–Kier alpha value is -3.12. The maximum Gasteiger partial charge on any atom is 0.339 e. The minimum atomic E-state index is -0.474. The zero-order chi connectivity index (χ0) is 20.8. The van der Waals surface area contributed by atoms with Crippen molar-refractivity contribution in [2.75, 3.05) is 26.2 Å². The Morgan fingerprint density at radius 2 is 1.73 bits per heavy atom. The summed E-state index contributed by atoms with van der Waals surface area (Å²) in [6, 6.07) is 17.5. The van der Waals surface area contributed by atoms with Crippen LogP contribution in [0.2, 0.25) is 0 Å². The first-order valence-electron chi connectivity index (χ1n) is 10.3. The average Bonchev–Trinajstić information content (AvgIpc) is 2.78. The van der Waals surface area contributed by atoms with Crippen LogP contribution in [-0.4, -0.2) is 43.2 Å². The molecule has 1 aliphatic rings. The standard InChI is InChI=1S/C24H25NO5/c26-23-15-22(20-11-5-6-12-21(20)30-23)28-17-19(16-25-13-7-2-8-14-25)29-24(27)18-9-3-1-4-10-18/h1,3-6,9-12,15,19H,2,7-8,13-14,16-17H2. The van der Waals surface area contributed by atoms with Gasteiger partial charge in [-0.05, 0) is 50.2 Å². The number of esters is 1. The lowest BCUT2D eigenvalue weighted by Gasteiger charge is -2.30. The average molecular weight is 407 g/mol. The van der Waals surface area contributed by atoms with Crippen molar-refractivity contribution in [3.63, 3.8) is 0 Å². The first-order valence-corrected chi connectivity index (χ1v) is 10.3. The number of rotatable bonds is 7. The fourth-order valence-corrected chi connectivity index (χ4v) is 3.73. The zero-order valence-corrected chi connectivity index (χ0v) is 16.8. The Kier molecular flexibility index (Phi) is 6.44. The van der Waals surface area contributed by atoms with E-state index in [9.17, 15) is 9.59 Å². The molecular formula is C24H25NO5. The molecule has 4 rings (SSSR count). The van der Waals surface area contributed by atoms with Crippen LogP contribution in [0.25, 0.3) is 11.0 Å². The molecule has 0 aliphatic carbocycles. The second-order valence-corrected chi connectivity index (χ2v) is 7.49. The van der Waals surface area contributed by atoms with E-state index >= 15 is 0 Å². The number of para-hydroxylation sites is 1. The Bertz CT molecular complexity index is 1040. The molecule has 30 heavy (non-hydrogen) atoms. The van der Waals surface area contributed by atoms with E-state index < -0.39 is 11.7 Å². The molecule has 1 fully saturated rings. The van der Waals surface area contributed by atoms with Gasteiger partial charge in [0, 0.05) is 6.54 Å². The third kappa shape index (κ3) is 5.07. The normalized spacial score (nSPS) is 15.6. The van der Waals surface area contributed by atoms with Crippen molar-refractivity contribution in [2.45, 2.75) is 25.4 Å². The van der Waals surface area contributed by atoms with E-state index in [1.165, 1.54) is 12.5 Å². The third-order valence-electron chi connectivity index (χ3n) is 5.23. The first-order chi connectivity index (χ1) is 14.7. The van der Waals surface area contributed by atoms with E-state index in [4.69, 9.17) is 13.9 Å². The molecule has 3 aromatic rings. The molecule has 156 valence electrons. The maximum absolute atomic E-state index is 12.6. The van der Waals surface area contributed by atoms with Crippen LogP contribution < -0.4 is 10.4 Å². The highest BCUT2D eigenvalue weighted by atomic mass is 16.6. The van der Waals surface area contributed by atoms with Gasteiger partial charge in [0.15, 0.2) is 0 Å². The SMILES string of the molecule is O=C(OC(COc1cc(=O)oc2ccccc12)CN1CCCCC1)c1ccccc1. The summed E-state index contributed by atoms with van der Waals surface area (Å²) in [5.74, 6) is 0.0555. The minimum Gasteiger partial charge on any atom is -0.489 e. The number of carbonyl (C=O) groups excluding carboxylic acids is 1. The van der Waals surface area contributed by atoms with E-state index in [1.54, 1.807) is 24.3 Å². The molecule has 1 atom stereocenters. The molecule has 0 spiro atoms. The van der Waals surface area contributed by atoms with Crippen LogP contribution in [0.15, 0.2) is 69.9 Å². The summed E-state index contributed by atoms with van der Waals surface area (Å²) in [5.41, 5.74) is 0.498. The number of likely N-dealkylation sites (tertiary alicyclic amines) is 1. The Morgan fingerprint density at radius 3 is 2.53 bits per heavy atom. The monoisotopic (exact) mass is 407 g/mol. The van der Waals surface area contributed by atoms with E-state index in [1.807, 2.05) is 30.3 Å². The lowest BCUT2D eigenvalue weighted by atomic mass is 10.1. The van der Waals surface area contributed by atoms with Crippen molar-refractivity contribution in [1.29, 1.82) is 0 Å². The summed E-state index contributed by atoms with van der Waals surface area (Å²) < 4.78 is 17.0. The molecule has 1 aromatic heterocycles. The molecule has 1 unspecified atom stereocenters. The third-order valence-corrected chi connectivity index (χ3v) is 5.23. The zero-order valence-electron chi connectivity index (χ0n) is 16.8. The highest BCUT2D eigenvalue weighted by Crippen LogP contribution is 2.24. The smallest absolute Gasteiger partial charge is 0.339 e. The van der Waals surface area contributed by atoms with Gasteiger partial charge in [0.2, 0.25) is 0 Å². The fourth-order valence-electron chi connectivity index (χ4n) is 3.73. The van der Waals surface area contributed by atoms with Crippen LogP contribution in [0.1, 0.15) is 29.6 Å². The summed E-state index contributed by atoms with van der Waals surface area (Å²) in [7, 11) is 0. The summed E-state index contributed by atoms with van der Waals surface area (Å²) in [6.45, 7) is 2.72. The Labute approximate surface area is 175 Å². The molecule has 6 heteroatoms. The quantitative estimate of drug-likeness (QED) is 0.437. The number of fused-ring (bicyclic) bond motifs is 1. The van der Waals surface area contributed by atoms with E-state index in [0.29, 0.717) is 28.8 Å². The summed E-state index contributed by atoms with van der Waals surface area (Å²) in [5, 5.41) is 0.711. The van der Waals surface area contributed by atoms with Gasteiger partial charge in [-0.25, -0.2) is 9.59 Å². The molecule has 6 nitrogen and oxygen atoms in total. The number of hydrogen-bond acceptors (Lipinski definition) is 6. The number of benzene rings is 2. The highest BCUT2D eigenvalue weighted by molar-refractivity contribution is 5.89. The van der Waals surface area contributed by atoms with Gasteiger partial charge in [0.25, 0.3) is 0 Å². The first kappa shape index (κ1) is 20.2. The Balaban J connectivity index is 1.50. The van der Waals surface area contributed by atoms with Gasteiger partial charge in [-0.15, -0.1) is 0 Å². The summed E-state index contributed by atoms with van der Waals surface area (Å²) in [6.07, 6.45) is 3.06. The van der Waals surface area contributed by atoms with Gasteiger partial charge in [-0.3, -0.25) is 4.90 Å². The van der Waals surface area contributed by atoms with Gasteiger partial charge < -0.3 is 13.9 Å². The van der Waals surface area contributed by atoms with Gasteiger partial charge in [0.05, 0.1) is 17.0 Å². The molecule has 2 heterocycles. The summed E-state index contributed by atoms with van der Waals surface area (Å²) >= 11 is 0. The molecule has 0 radical (unpaired) electrons. The fraction of sp³-hybridized carbons (Fsp3) is 0.333. The van der Waals surface area contributed by atoms with Gasteiger partial charge >= 0.3 is 11.6 Å². The molecule has 0 saturated carbocycles. The van der Waals surface area contributed by atoms with Gasteiger partial charge in [0.1, 0.15) is 24.0 Å². The minimum absolute atomic E-state index is 0.155. The molecule has 1 aliphatic heterocycles. The van der Waals surface area contributed by atoms with Crippen molar-refractivity contribution in [1.82, 2.24) is 4.90 Å². The predicted molar refractivity (Wildman–Crippen MR) is 114 cm³/mol. The molecule has 0 N–H and O–H groups in total. The molecule has 1 saturated heterocycles. The van der Waals surface area contributed by atoms with Crippen molar-refractivity contribution in [3.8, 4) is 5.75 Å². The number of nitrogens with zero attached hydrogens (tertiary/aromatic N) is 1. The van der Waals surface area contributed by atoms with Crippen molar-refractivity contribution >= 4 is 16.9 Å². The van der Waals surface area contributed by atoms with E-state index in [-0.39, 0.29) is 12.6 Å². The molecular weight excluding hydrogens is 382 g/mol. The van der Waals surface area contributed by atoms with Crippen LogP contribution in [0.3, 0.4) is 0 Å². The maximum atomic E-state index is 12.6. The lowest BCUT2D eigenvalue weighted by molar-refractivity contribution is 0.00405. The second kappa shape index (κ2) is 9.59. The van der Waals surface area contributed by atoms with Crippen LogP contribution in [-0.2, 0) is 4.74 Å². The predicted octanol–water partition coefficient (Wildman–Crippen LogP) is 3.88. The second-order valence-electron chi connectivity index (χ2n) is 7.49. The molecule has 0 amide bonds. The van der Waals surface area contributed by atoms with Gasteiger partial charge in [-0.1, -0.05) is 36.8 Å². The Morgan fingerprint density at radius 1 is 1.00 bits per heavy atom. The van der Waals surface area contributed by atoms with E-state index in [0.717, 1.165) is 25.9 Å². The van der Waals surface area contributed by atoms with Crippen molar-refractivity contribution < 1.29 is 18.7 Å².